The van der Waals surface area contributed by atoms with E-state index in [4.69, 9.17) is 0 Å². The summed E-state index contributed by atoms with van der Waals surface area (Å²) in [5, 5.41) is 11.0. The van der Waals surface area contributed by atoms with Gasteiger partial charge >= 0.3 is 0 Å². The zero-order chi connectivity index (χ0) is 14.8. The van der Waals surface area contributed by atoms with Crippen LogP contribution in [0, 0.1) is 19.8 Å². The van der Waals surface area contributed by atoms with Crippen LogP contribution in [0.15, 0.2) is 23.1 Å². The molecule has 106 valence electrons. The number of carboxylic acids is 1. The summed E-state index contributed by atoms with van der Waals surface area (Å²) in [5.74, 6) is -1.83. The van der Waals surface area contributed by atoms with Crippen LogP contribution in [0.1, 0.15) is 25.0 Å². The van der Waals surface area contributed by atoms with Crippen LogP contribution in [0.5, 0.6) is 0 Å². The van der Waals surface area contributed by atoms with Crippen molar-refractivity contribution in [3.8, 4) is 0 Å². The topological polar surface area (TPSA) is 86.3 Å². The molecule has 0 bridgehead atoms. The van der Waals surface area contributed by atoms with Crippen molar-refractivity contribution in [3.63, 3.8) is 0 Å². The van der Waals surface area contributed by atoms with E-state index in [1.165, 1.54) is 6.07 Å². The fourth-order valence-electron chi connectivity index (χ4n) is 1.68. The molecule has 0 aliphatic heterocycles. The number of aryl methyl sites for hydroxylation is 2. The van der Waals surface area contributed by atoms with E-state index in [2.05, 4.69) is 4.72 Å². The van der Waals surface area contributed by atoms with Gasteiger partial charge in [0.05, 0.1) is 16.9 Å². The van der Waals surface area contributed by atoms with Crippen molar-refractivity contribution in [1.29, 1.82) is 0 Å². The molecule has 1 atom stereocenters. The van der Waals surface area contributed by atoms with E-state index in [0.717, 1.165) is 5.56 Å². The second-order valence-corrected chi connectivity index (χ2v) is 6.61. The summed E-state index contributed by atoms with van der Waals surface area (Å²) in [5.41, 5.74) is 1.36. The molecule has 0 amide bonds. The zero-order valence-electron chi connectivity index (χ0n) is 11.4. The fourth-order valence-corrected chi connectivity index (χ4v) is 3.35. The molecule has 0 aliphatic carbocycles. The number of carboxylic acid groups (broad SMARTS) is 1. The Balaban J connectivity index is 3.17. The smallest absolute Gasteiger partial charge is 0.241 e. The van der Waals surface area contributed by atoms with Crippen LogP contribution in [0.25, 0.3) is 0 Å². The first-order valence-corrected chi connectivity index (χ1v) is 7.44. The second kappa shape index (κ2) is 5.71. The molecule has 1 aromatic carbocycles. The Bertz CT molecular complexity index is 578. The number of hydrogen-bond donors (Lipinski definition) is 1. The summed E-state index contributed by atoms with van der Waals surface area (Å²) >= 11 is 0. The Hall–Kier alpha value is -1.40. The summed E-state index contributed by atoms with van der Waals surface area (Å²) < 4.78 is 26.6. The van der Waals surface area contributed by atoms with E-state index in [1.54, 1.807) is 39.8 Å². The number of carbonyl (C=O) groups is 1. The minimum Gasteiger partial charge on any atom is -0.548 e. The number of benzene rings is 1. The first-order valence-electron chi connectivity index (χ1n) is 5.95. The van der Waals surface area contributed by atoms with Crippen molar-refractivity contribution >= 4 is 16.0 Å². The first-order chi connectivity index (χ1) is 8.65. The summed E-state index contributed by atoms with van der Waals surface area (Å²) in [6, 6.07) is 3.76. The van der Waals surface area contributed by atoms with Crippen molar-refractivity contribution in [3.05, 3.63) is 29.3 Å². The molecule has 1 unspecified atom stereocenters. The van der Waals surface area contributed by atoms with Gasteiger partial charge in [-0.2, -0.15) is 0 Å². The standard InChI is InChI=1S/C13H19NO4S/c1-8(2)12(13(15)16)14-19(17,18)11-7-9(3)5-6-10(11)4/h5-8,12,14H,1-4H3,(H,15,16)/p-1. The van der Waals surface area contributed by atoms with Crippen LogP contribution >= 0.6 is 0 Å². The Morgan fingerprint density at radius 3 is 2.32 bits per heavy atom. The van der Waals surface area contributed by atoms with E-state index in [1.807, 2.05) is 0 Å². The minimum absolute atomic E-state index is 0.0967. The van der Waals surface area contributed by atoms with Crippen molar-refractivity contribution in [2.24, 2.45) is 5.92 Å². The lowest BCUT2D eigenvalue weighted by Gasteiger charge is -2.23. The van der Waals surface area contributed by atoms with Gasteiger partial charge in [0.1, 0.15) is 0 Å². The molecule has 0 aromatic heterocycles. The Labute approximate surface area is 113 Å². The van der Waals surface area contributed by atoms with E-state index >= 15 is 0 Å². The van der Waals surface area contributed by atoms with Crippen LogP contribution in [-0.4, -0.2) is 20.4 Å². The second-order valence-electron chi connectivity index (χ2n) is 4.93. The average molecular weight is 284 g/mol. The van der Waals surface area contributed by atoms with Gasteiger partial charge in [-0.05, 0) is 37.0 Å². The molecule has 6 heteroatoms. The molecule has 5 nitrogen and oxygen atoms in total. The molecular weight excluding hydrogens is 266 g/mol. The van der Waals surface area contributed by atoms with E-state index in [-0.39, 0.29) is 4.90 Å². The molecule has 0 fully saturated rings. The predicted molar refractivity (Wildman–Crippen MR) is 69.9 cm³/mol. The third-order valence-corrected chi connectivity index (χ3v) is 4.42. The number of rotatable bonds is 5. The van der Waals surface area contributed by atoms with Gasteiger partial charge in [-0.1, -0.05) is 26.0 Å². The first kappa shape index (κ1) is 15.7. The van der Waals surface area contributed by atoms with E-state index in [9.17, 15) is 18.3 Å². The number of sulfonamides is 1. The maximum Gasteiger partial charge on any atom is 0.241 e. The van der Waals surface area contributed by atoms with Crippen molar-refractivity contribution in [2.45, 2.75) is 38.6 Å². The summed E-state index contributed by atoms with van der Waals surface area (Å²) in [6.45, 7) is 6.67. The highest BCUT2D eigenvalue weighted by atomic mass is 32.2. The molecule has 0 aliphatic rings. The van der Waals surface area contributed by atoms with Gasteiger partial charge in [0.2, 0.25) is 10.0 Å². The van der Waals surface area contributed by atoms with Crippen LogP contribution in [0.2, 0.25) is 0 Å². The van der Waals surface area contributed by atoms with Crippen molar-refractivity contribution in [1.82, 2.24) is 4.72 Å². The lowest BCUT2D eigenvalue weighted by Crippen LogP contribution is -2.50. The predicted octanol–water partition coefficient (Wildman–Crippen LogP) is 0.356. The van der Waals surface area contributed by atoms with Crippen LogP contribution in [-0.2, 0) is 14.8 Å². The average Bonchev–Trinajstić information content (AvgIpc) is 2.28. The van der Waals surface area contributed by atoms with Gasteiger partial charge in [0.15, 0.2) is 0 Å². The Kier molecular flexibility index (Phi) is 4.70. The van der Waals surface area contributed by atoms with Gasteiger partial charge in [-0.3, -0.25) is 0 Å². The van der Waals surface area contributed by atoms with Crippen LogP contribution in [0.4, 0.5) is 0 Å². The van der Waals surface area contributed by atoms with Crippen molar-refractivity contribution in [2.75, 3.05) is 0 Å². The third kappa shape index (κ3) is 3.78. The monoisotopic (exact) mass is 284 g/mol. The van der Waals surface area contributed by atoms with Gasteiger partial charge in [-0.25, -0.2) is 13.1 Å². The highest BCUT2D eigenvalue weighted by Gasteiger charge is 2.24. The molecule has 1 N–H and O–H groups in total. The normalized spacial score (nSPS) is 13.5. The van der Waals surface area contributed by atoms with Gasteiger partial charge < -0.3 is 9.90 Å². The number of carbonyl (C=O) groups excluding carboxylic acids is 1. The molecule has 19 heavy (non-hydrogen) atoms. The van der Waals surface area contributed by atoms with Gasteiger partial charge in [0.25, 0.3) is 0 Å². The van der Waals surface area contributed by atoms with Gasteiger partial charge in [0, 0.05) is 0 Å². The Morgan fingerprint density at radius 2 is 1.84 bits per heavy atom. The molecule has 1 aromatic rings. The lowest BCUT2D eigenvalue weighted by atomic mass is 10.1. The molecule has 0 heterocycles. The Morgan fingerprint density at radius 1 is 1.26 bits per heavy atom. The maximum absolute atomic E-state index is 12.2. The SMILES string of the molecule is Cc1ccc(C)c(S(=O)(=O)NC(C(=O)[O-])C(C)C)c1. The molecule has 0 spiro atoms. The molecule has 1 rings (SSSR count). The highest BCUT2D eigenvalue weighted by Crippen LogP contribution is 2.17. The summed E-state index contributed by atoms with van der Waals surface area (Å²) in [6.07, 6.45) is 0. The minimum atomic E-state index is -3.87. The maximum atomic E-state index is 12.2. The van der Waals surface area contributed by atoms with E-state index < -0.39 is 28.0 Å². The van der Waals surface area contributed by atoms with Crippen molar-refractivity contribution < 1.29 is 18.3 Å². The number of nitrogens with one attached hydrogen (secondary N) is 1. The zero-order valence-corrected chi connectivity index (χ0v) is 12.2. The number of aliphatic carboxylic acids is 1. The summed E-state index contributed by atoms with van der Waals surface area (Å²) in [4.78, 5) is 11.1. The quantitative estimate of drug-likeness (QED) is 0.845. The van der Waals surface area contributed by atoms with E-state index in [0.29, 0.717) is 5.56 Å². The largest absolute Gasteiger partial charge is 0.548 e. The van der Waals surface area contributed by atoms with Crippen LogP contribution < -0.4 is 9.83 Å². The molecular formula is C13H18NO4S-. The third-order valence-electron chi connectivity index (χ3n) is 2.84. The number of hydrogen-bond acceptors (Lipinski definition) is 4. The summed E-state index contributed by atoms with van der Waals surface area (Å²) in [7, 11) is -3.87. The highest BCUT2D eigenvalue weighted by molar-refractivity contribution is 7.89. The molecule has 0 saturated heterocycles. The fraction of sp³-hybridized carbons (Fsp3) is 0.462. The van der Waals surface area contributed by atoms with Crippen LogP contribution in [0.3, 0.4) is 0 Å². The van der Waals surface area contributed by atoms with Gasteiger partial charge in [-0.15, -0.1) is 0 Å². The lowest BCUT2D eigenvalue weighted by molar-refractivity contribution is -0.309. The molecule has 0 radical (unpaired) electrons. The molecule has 0 saturated carbocycles.